The van der Waals surface area contributed by atoms with Gasteiger partial charge in [0, 0.05) is 26.1 Å². The molecule has 0 amide bonds. The van der Waals surface area contributed by atoms with Gasteiger partial charge >= 0.3 is 17.9 Å². The van der Waals surface area contributed by atoms with Gasteiger partial charge in [0.1, 0.15) is 6.10 Å². The maximum atomic E-state index is 11.1. The molecule has 0 aromatic heterocycles. The molecule has 19 heavy (non-hydrogen) atoms. The van der Waals surface area contributed by atoms with Crippen LogP contribution in [0.2, 0.25) is 0 Å². The average molecular weight is 339 g/mol. The Morgan fingerprint density at radius 2 is 1.42 bits per heavy atom. The standard InChI is InChI=1S/C11H15BrO7/c1-5(13)16-9-8(4-12)19-11(18-7(3)15)10(9)17-6(2)14/h8-11H,4H2,1-3H3/t8-,9-,10-,11-/m1/s1. The van der Waals surface area contributed by atoms with E-state index in [4.69, 9.17) is 18.9 Å². The summed E-state index contributed by atoms with van der Waals surface area (Å²) in [6, 6.07) is 0. The Kier molecular flexibility index (Phi) is 5.74. The van der Waals surface area contributed by atoms with Gasteiger partial charge in [-0.15, -0.1) is 0 Å². The van der Waals surface area contributed by atoms with Crippen LogP contribution >= 0.6 is 15.9 Å². The number of rotatable bonds is 4. The van der Waals surface area contributed by atoms with Crippen molar-refractivity contribution in [3.05, 3.63) is 0 Å². The molecule has 1 fully saturated rings. The lowest BCUT2D eigenvalue weighted by molar-refractivity contribution is -0.194. The third-order valence-electron chi connectivity index (χ3n) is 2.31. The molecule has 108 valence electrons. The van der Waals surface area contributed by atoms with Crippen LogP contribution in [-0.2, 0) is 33.3 Å². The van der Waals surface area contributed by atoms with Crippen molar-refractivity contribution in [3.63, 3.8) is 0 Å². The van der Waals surface area contributed by atoms with E-state index < -0.39 is 42.5 Å². The second kappa shape index (κ2) is 6.85. The van der Waals surface area contributed by atoms with Gasteiger partial charge in [0.25, 0.3) is 0 Å². The zero-order valence-electron chi connectivity index (χ0n) is 10.8. The number of halogens is 1. The first-order chi connectivity index (χ1) is 8.85. The van der Waals surface area contributed by atoms with E-state index in [1.54, 1.807) is 0 Å². The predicted molar refractivity (Wildman–Crippen MR) is 65.3 cm³/mol. The Bertz CT molecular complexity index is 370. The summed E-state index contributed by atoms with van der Waals surface area (Å²) in [6.07, 6.45) is -3.47. The highest BCUT2D eigenvalue weighted by Crippen LogP contribution is 2.29. The van der Waals surface area contributed by atoms with Gasteiger partial charge in [0.05, 0.1) is 0 Å². The number of hydrogen-bond acceptors (Lipinski definition) is 7. The smallest absolute Gasteiger partial charge is 0.305 e. The first-order valence-corrected chi connectivity index (χ1v) is 6.70. The van der Waals surface area contributed by atoms with E-state index in [0.717, 1.165) is 0 Å². The van der Waals surface area contributed by atoms with Gasteiger partial charge in [-0.25, -0.2) is 0 Å². The second-order valence-electron chi connectivity index (χ2n) is 3.95. The van der Waals surface area contributed by atoms with Crippen molar-refractivity contribution in [2.24, 2.45) is 0 Å². The Morgan fingerprint density at radius 1 is 0.947 bits per heavy atom. The van der Waals surface area contributed by atoms with E-state index in [2.05, 4.69) is 15.9 Å². The molecule has 0 spiro atoms. The molecule has 1 aliphatic heterocycles. The molecule has 1 saturated heterocycles. The Morgan fingerprint density at radius 3 is 1.84 bits per heavy atom. The molecule has 7 nitrogen and oxygen atoms in total. The summed E-state index contributed by atoms with van der Waals surface area (Å²) in [7, 11) is 0. The Labute approximate surface area is 118 Å². The SMILES string of the molecule is CC(=O)O[C@@H]1O[C@H](CBr)[C@@H](OC(C)=O)[C@H]1OC(C)=O. The van der Waals surface area contributed by atoms with Crippen LogP contribution in [0.1, 0.15) is 20.8 Å². The second-order valence-corrected chi connectivity index (χ2v) is 4.60. The summed E-state index contributed by atoms with van der Waals surface area (Å²) in [4.78, 5) is 33.2. The third kappa shape index (κ3) is 4.46. The number of esters is 3. The molecule has 0 N–H and O–H groups in total. The van der Waals surface area contributed by atoms with Crippen LogP contribution in [0.5, 0.6) is 0 Å². The molecular weight excluding hydrogens is 324 g/mol. The van der Waals surface area contributed by atoms with Crippen LogP contribution in [0.4, 0.5) is 0 Å². The van der Waals surface area contributed by atoms with Crippen LogP contribution in [0.15, 0.2) is 0 Å². The fourth-order valence-electron chi connectivity index (χ4n) is 1.73. The normalized spacial score (nSPS) is 29.7. The lowest BCUT2D eigenvalue weighted by Crippen LogP contribution is -2.41. The summed E-state index contributed by atoms with van der Waals surface area (Å²) in [5.74, 6) is -1.71. The van der Waals surface area contributed by atoms with Crippen molar-refractivity contribution in [2.45, 2.75) is 45.4 Å². The molecule has 0 aromatic carbocycles. The number of carbonyl (C=O) groups excluding carboxylic acids is 3. The summed E-state index contributed by atoms with van der Waals surface area (Å²) in [5.41, 5.74) is 0. The lowest BCUT2D eigenvalue weighted by Gasteiger charge is -2.22. The maximum Gasteiger partial charge on any atom is 0.305 e. The number of alkyl halides is 1. The van der Waals surface area contributed by atoms with E-state index in [9.17, 15) is 14.4 Å². The molecule has 1 rings (SSSR count). The molecule has 0 bridgehead atoms. The molecule has 0 aliphatic carbocycles. The molecule has 0 radical (unpaired) electrons. The van der Waals surface area contributed by atoms with Crippen LogP contribution in [0, 0.1) is 0 Å². The van der Waals surface area contributed by atoms with E-state index >= 15 is 0 Å². The Balaban J connectivity index is 2.90. The summed E-state index contributed by atoms with van der Waals surface area (Å²) in [6.45, 7) is 3.64. The zero-order valence-corrected chi connectivity index (χ0v) is 12.3. The fourth-order valence-corrected chi connectivity index (χ4v) is 2.25. The van der Waals surface area contributed by atoms with E-state index in [1.165, 1.54) is 20.8 Å². The van der Waals surface area contributed by atoms with Gasteiger partial charge in [-0.1, -0.05) is 15.9 Å². The Hall–Kier alpha value is -1.15. The van der Waals surface area contributed by atoms with Crippen LogP contribution in [0.25, 0.3) is 0 Å². The quantitative estimate of drug-likeness (QED) is 0.419. The zero-order chi connectivity index (χ0) is 14.6. The third-order valence-corrected chi connectivity index (χ3v) is 2.94. The van der Waals surface area contributed by atoms with Gasteiger partial charge < -0.3 is 18.9 Å². The lowest BCUT2D eigenvalue weighted by atomic mass is 10.1. The monoisotopic (exact) mass is 338 g/mol. The molecule has 4 atom stereocenters. The molecule has 1 aliphatic rings. The van der Waals surface area contributed by atoms with E-state index in [-0.39, 0.29) is 0 Å². The van der Waals surface area contributed by atoms with E-state index in [1.807, 2.05) is 0 Å². The minimum Gasteiger partial charge on any atom is -0.455 e. The molecule has 1 heterocycles. The summed E-state index contributed by atoms with van der Waals surface area (Å²) >= 11 is 3.20. The fraction of sp³-hybridized carbons (Fsp3) is 0.727. The van der Waals surface area contributed by atoms with Crippen LogP contribution in [-0.4, -0.2) is 47.8 Å². The van der Waals surface area contributed by atoms with E-state index in [0.29, 0.717) is 5.33 Å². The topological polar surface area (TPSA) is 88.1 Å². The number of carbonyl (C=O) groups is 3. The molecular formula is C11H15BrO7. The van der Waals surface area contributed by atoms with Crippen molar-refractivity contribution in [3.8, 4) is 0 Å². The summed E-state index contributed by atoms with van der Waals surface area (Å²) in [5, 5.41) is 0.334. The van der Waals surface area contributed by atoms with Crippen molar-refractivity contribution in [2.75, 3.05) is 5.33 Å². The van der Waals surface area contributed by atoms with Gasteiger partial charge in [-0.05, 0) is 0 Å². The molecule has 8 heteroatoms. The maximum absolute atomic E-state index is 11.1. The van der Waals surface area contributed by atoms with Crippen molar-refractivity contribution in [1.82, 2.24) is 0 Å². The van der Waals surface area contributed by atoms with Gasteiger partial charge in [0.15, 0.2) is 6.10 Å². The van der Waals surface area contributed by atoms with Gasteiger partial charge in [-0.3, -0.25) is 14.4 Å². The molecule has 0 aromatic rings. The van der Waals surface area contributed by atoms with Crippen LogP contribution < -0.4 is 0 Å². The van der Waals surface area contributed by atoms with Gasteiger partial charge in [-0.2, -0.15) is 0 Å². The highest BCUT2D eigenvalue weighted by molar-refractivity contribution is 9.09. The minimum atomic E-state index is -1.09. The van der Waals surface area contributed by atoms with Crippen molar-refractivity contribution in [1.29, 1.82) is 0 Å². The summed E-state index contributed by atoms with van der Waals surface area (Å²) < 4.78 is 20.4. The van der Waals surface area contributed by atoms with Crippen LogP contribution in [0.3, 0.4) is 0 Å². The highest BCUT2D eigenvalue weighted by Gasteiger charge is 2.50. The average Bonchev–Trinajstić information content (AvgIpc) is 2.55. The molecule has 0 saturated carbocycles. The number of hydrogen-bond donors (Lipinski definition) is 0. The largest absolute Gasteiger partial charge is 0.455 e. The minimum absolute atomic E-state index is 0.334. The first-order valence-electron chi connectivity index (χ1n) is 5.58. The van der Waals surface area contributed by atoms with Crippen molar-refractivity contribution >= 4 is 33.8 Å². The van der Waals surface area contributed by atoms with Crippen molar-refractivity contribution < 1.29 is 33.3 Å². The molecule has 0 unspecified atom stereocenters. The highest BCUT2D eigenvalue weighted by atomic mass is 79.9. The number of ether oxygens (including phenoxy) is 4. The predicted octanol–water partition coefficient (Wildman–Crippen LogP) is 0.533. The van der Waals surface area contributed by atoms with Gasteiger partial charge in [0.2, 0.25) is 12.4 Å². The first kappa shape index (κ1) is 15.9.